The molecule has 1 saturated heterocycles. The smallest absolute Gasteiger partial charge is 0.0251 e. The van der Waals surface area contributed by atoms with Crippen molar-refractivity contribution in [3.8, 4) is 0 Å². The van der Waals surface area contributed by atoms with Crippen molar-refractivity contribution in [1.29, 1.82) is 0 Å². The molecule has 1 N–H and O–H groups in total. The summed E-state index contributed by atoms with van der Waals surface area (Å²) in [6.07, 6.45) is 13.2. The summed E-state index contributed by atoms with van der Waals surface area (Å²) in [5, 5.41) is 3.59. The number of likely N-dealkylation sites (N-methyl/N-ethyl adjacent to an activating group) is 1. The van der Waals surface area contributed by atoms with E-state index in [-0.39, 0.29) is 0 Å². The molecule has 2 saturated carbocycles. The molecule has 3 atom stereocenters. The molecule has 3 rings (SSSR count). The molecule has 3 fully saturated rings. The van der Waals surface area contributed by atoms with E-state index in [4.69, 9.17) is 0 Å². The molecule has 1 aliphatic heterocycles. The Morgan fingerprint density at radius 2 is 1.68 bits per heavy atom. The van der Waals surface area contributed by atoms with Gasteiger partial charge >= 0.3 is 0 Å². The van der Waals surface area contributed by atoms with Crippen molar-refractivity contribution in [2.24, 2.45) is 11.3 Å². The summed E-state index contributed by atoms with van der Waals surface area (Å²) in [6.45, 7) is 5.19. The number of hydrogen-bond donors (Lipinski definition) is 1. The number of likely N-dealkylation sites (tertiary alicyclic amines) is 1. The van der Waals surface area contributed by atoms with Crippen molar-refractivity contribution in [2.75, 3.05) is 20.1 Å². The van der Waals surface area contributed by atoms with E-state index in [1.165, 1.54) is 70.9 Å². The molecule has 2 heteroatoms. The molecule has 0 bridgehead atoms. The van der Waals surface area contributed by atoms with Crippen molar-refractivity contribution in [1.82, 2.24) is 10.2 Å². The molecular formula is C17H32N2. The van der Waals surface area contributed by atoms with E-state index in [0.717, 1.165) is 23.4 Å². The van der Waals surface area contributed by atoms with Gasteiger partial charge < -0.3 is 5.32 Å². The molecule has 2 aliphatic carbocycles. The number of nitrogens with one attached hydrogen (secondary N) is 1. The molecule has 0 amide bonds. The fraction of sp³-hybridized carbons (Fsp3) is 1.00. The van der Waals surface area contributed by atoms with Crippen LogP contribution in [0.15, 0.2) is 0 Å². The Morgan fingerprint density at radius 1 is 1.00 bits per heavy atom. The van der Waals surface area contributed by atoms with Crippen molar-refractivity contribution in [2.45, 2.75) is 76.8 Å². The minimum Gasteiger partial charge on any atom is -0.315 e. The van der Waals surface area contributed by atoms with E-state index in [0.29, 0.717) is 0 Å². The highest BCUT2D eigenvalue weighted by atomic mass is 15.2. The highest BCUT2D eigenvalue weighted by Crippen LogP contribution is 2.47. The van der Waals surface area contributed by atoms with Gasteiger partial charge in [-0.1, -0.05) is 19.8 Å². The second kappa shape index (κ2) is 5.73. The highest BCUT2D eigenvalue weighted by molar-refractivity contribution is 4.95. The van der Waals surface area contributed by atoms with Gasteiger partial charge in [-0.25, -0.2) is 0 Å². The Balaban J connectivity index is 1.60. The monoisotopic (exact) mass is 264 g/mol. The summed E-state index contributed by atoms with van der Waals surface area (Å²) >= 11 is 0. The van der Waals surface area contributed by atoms with Gasteiger partial charge in [0.05, 0.1) is 0 Å². The van der Waals surface area contributed by atoms with Crippen LogP contribution < -0.4 is 5.32 Å². The Hall–Kier alpha value is -0.0800. The van der Waals surface area contributed by atoms with Gasteiger partial charge in [0.1, 0.15) is 0 Å². The van der Waals surface area contributed by atoms with Crippen LogP contribution in [0.2, 0.25) is 0 Å². The van der Waals surface area contributed by atoms with Crippen LogP contribution in [-0.2, 0) is 0 Å². The molecule has 110 valence electrons. The fourth-order valence-corrected chi connectivity index (χ4v) is 5.05. The zero-order valence-electron chi connectivity index (χ0n) is 13.0. The van der Waals surface area contributed by atoms with Crippen LogP contribution in [-0.4, -0.2) is 37.1 Å². The molecule has 2 nitrogen and oxygen atoms in total. The van der Waals surface area contributed by atoms with E-state index in [1.54, 1.807) is 0 Å². The van der Waals surface area contributed by atoms with E-state index >= 15 is 0 Å². The molecule has 0 aromatic rings. The van der Waals surface area contributed by atoms with Crippen molar-refractivity contribution in [3.63, 3.8) is 0 Å². The standard InChI is InChI=1S/C17H32N2/c1-14-5-6-15(18-2)16(13-14)19-11-9-17(10-12-19)7-3-4-8-17/h14-16,18H,3-13H2,1-2H3. The lowest BCUT2D eigenvalue weighted by atomic mass is 9.75. The topological polar surface area (TPSA) is 15.3 Å². The predicted molar refractivity (Wildman–Crippen MR) is 81.4 cm³/mol. The van der Waals surface area contributed by atoms with Gasteiger partial charge in [-0.2, -0.15) is 0 Å². The molecule has 0 aromatic heterocycles. The van der Waals surface area contributed by atoms with Crippen LogP contribution in [0.1, 0.15) is 64.7 Å². The quantitative estimate of drug-likeness (QED) is 0.822. The lowest BCUT2D eigenvalue weighted by molar-refractivity contribution is 0.0381. The summed E-state index contributed by atoms with van der Waals surface area (Å²) in [5.41, 5.74) is 0.770. The molecule has 3 aliphatic rings. The first-order valence-corrected chi connectivity index (χ1v) is 8.64. The average molecular weight is 264 g/mol. The molecule has 1 spiro atoms. The summed E-state index contributed by atoms with van der Waals surface area (Å²) in [5.74, 6) is 0.928. The van der Waals surface area contributed by atoms with Crippen LogP contribution in [0.5, 0.6) is 0 Å². The lowest BCUT2D eigenvalue weighted by Crippen LogP contribution is -2.55. The zero-order valence-corrected chi connectivity index (χ0v) is 13.0. The normalized spacial score (nSPS) is 39.8. The van der Waals surface area contributed by atoms with E-state index in [1.807, 2.05) is 0 Å². The first kappa shape index (κ1) is 13.9. The van der Waals surface area contributed by atoms with Gasteiger partial charge in [0.15, 0.2) is 0 Å². The van der Waals surface area contributed by atoms with Crippen LogP contribution >= 0.6 is 0 Å². The van der Waals surface area contributed by atoms with Crippen LogP contribution in [0.25, 0.3) is 0 Å². The lowest BCUT2D eigenvalue weighted by Gasteiger charge is -2.47. The number of rotatable bonds is 2. The second-order valence-corrected chi connectivity index (χ2v) is 7.62. The Labute approximate surface area is 119 Å². The third kappa shape index (κ3) is 2.85. The first-order valence-electron chi connectivity index (χ1n) is 8.64. The minimum atomic E-state index is 0.744. The molecule has 0 radical (unpaired) electrons. The molecule has 19 heavy (non-hydrogen) atoms. The fourth-order valence-electron chi connectivity index (χ4n) is 5.05. The maximum absolute atomic E-state index is 3.59. The Kier molecular flexibility index (Phi) is 4.19. The molecule has 3 unspecified atom stereocenters. The Morgan fingerprint density at radius 3 is 2.32 bits per heavy atom. The van der Waals surface area contributed by atoms with Crippen LogP contribution in [0, 0.1) is 11.3 Å². The van der Waals surface area contributed by atoms with Gasteiger partial charge in [-0.3, -0.25) is 4.90 Å². The van der Waals surface area contributed by atoms with Crippen molar-refractivity contribution < 1.29 is 0 Å². The van der Waals surface area contributed by atoms with Gasteiger partial charge in [0, 0.05) is 12.1 Å². The van der Waals surface area contributed by atoms with Gasteiger partial charge in [-0.15, -0.1) is 0 Å². The SMILES string of the molecule is CNC1CCC(C)CC1N1CCC2(CCCC2)CC1. The van der Waals surface area contributed by atoms with E-state index < -0.39 is 0 Å². The van der Waals surface area contributed by atoms with Crippen molar-refractivity contribution in [3.05, 3.63) is 0 Å². The summed E-state index contributed by atoms with van der Waals surface area (Å²) in [6, 6.07) is 1.56. The van der Waals surface area contributed by atoms with Gasteiger partial charge in [0.2, 0.25) is 0 Å². The largest absolute Gasteiger partial charge is 0.315 e. The van der Waals surface area contributed by atoms with E-state index in [2.05, 4.69) is 24.2 Å². The van der Waals surface area contributed by atoms with Gasteiger partial charge in [0.25, 0.3) is 0 Å². The number of nitrogens with zero attached hydrogens (tertiary/aromatic N) is 1. The third-order valence-electron chi connectivity index (χ3n) is 6.44. The minimum absolute atomic E-state index is 0.744. The van der Waals surface area contributed by atoms with Gasteiger partial charge in [-0.05, 0) is 76.4 Å². The van der Waals surface area contributed by atoms with E-state index in [9.17, 15) is 0 Å². The maximum atomic E-state index is 3.59. The maximum Gasteiger partial charge on any atom is 0.0251 e. The average Bonchev–Trinajstić information content (AvgIpc) is 2.88. The summed E-state index contributed by atoms with van der Waals surface area (Å²) < 4.78 is 0. The summed E-state index contributed by atoms with van der Waals surface area (Å²) in [4.78, 5) is 2.83. The Bertz CT molecular complexity index is 286. The van der Waals surface area contributed by atoms with Crippen LogP contribution in [0.3, 0.4) is 0 Å². The first-order chi connectivity index (χ1) is 9.22. The van der Waals surface area contributed by atoms with Crippen LogP contribution in [0.4, 0.5) is 0 Å². The molecule has 1 heterocycles. The molecular weight excluding hydrogens is 232 g/mol. The molecule has 0 aromatic carbocycles. The summed E-state index contributed by atoms with van der Waals surface area (Å²) in [7, 11) is 2.16. The highest BCUT2D eigenvalue weighted by Gasteiger charge is 2.40. The predicted octanol–water partition coefficient (Wildman–Crippen LogP) is 3.42. The number of hydrogen-bond acceptors (Lipinski definition) is 2. The second-order valence-electron chi connectivity index (χ2n) is 7.62. The number of piperidine rings is 1. The van der Waals surface area contributed by atoms with Crippen molar-refractivity contribution >= 4 is 0 Å². The third-order valence-corrected chi connectivity index (χ3v) is 6.44. The zero-order chi connectivity index (χ0) is 13.3.